The van der Waals surface area contributed by atoms with Gasteiger partial charge >= 0.3 is 12.1 Å². The fourth-order valence-corrected chi connectivity index (χ4v) is 4.60. The van der Waals surface area contributed by atoms with Gasteiger partial charge in [0.1, 0.15) is 11.5 Å². The Morgan fingerprint density at radius 1 is 1.00 bits per heavy atom. The summed E-state index contributed by atoms with van der Waals surface area (Å²) in [4.78, 5) is 11.1. The molecule has 1 unspecified atom stereocenters. The third kappa shape index (κ3) is 14.0. The predicted molar refractivity (Wildman–Crippen MR) is 153 cm³/mol. The lowest BCUT2D eigenvalue weighted by atomic mass is 9.96. The van der Waals surface area contributed by atoms with E-state index in [0.29, 0.717) is 36.0 Å². The number of unbranched alkanes of at least 4 members (excludes halogenated alkanes) is 6. The van der Waals surface area contributed by atoms with Crippen LogP contribution in [0.1, 0.15) is 95.1 Å². The maximum atomic E-state index is 12.2. The summed E-state index contributed by atoms with van der Waals surface area (Å²) < 4.78 is 48.3. The number of rotatable bonds is 18. The zero-order chi connectivity index (χ0) is 29.4. The van der Waals surface area contributed by atoms with E-state index in [0.717, 1.165) is 49.7 Å². The molecule has 0 aromatic heterocycles. The van der Waals surface area contributed by atoms with Crippen LogP contribution in [0.25, 0.3) is 0 Å². The molecule has 4 nitrogen and oxygen atoms in total. The van der Waals surface area contributed by atoms with Crippen LogP contribution >= 0.6 is 11.6 Å². The Balaban J connectivity index is 1.66. The summed E-state index contributed by atoms with van der Waals surface area (Å²) in [7, 11) is 0. The van der Waals surface area contributed by atoms with Crippen LogP contribution in [0.4, 0.5) is 13.2 Å². The second-order valence-electron chi connectivity index (χ2n) is 10.0. The summed E-state index contributed by atoms with van der Waals surface area (Å²) in [5, 5.41) is 9.66. The van der Waals surface area contributed by atoms with E-state index in [-0.39, 0.29) is 24.9 Å². The van der Waals surface area contributed by atoms with E-state index in [1.807, 2.05) is 49.4 Å². The molecule has 2 aromatic rings. The number of aliphatic carboxylic acids is 1. The molecule has 220 valence electrons. The van der Waals surface area contributed by atoms with E-state index < -0.39 is 18.6 Å². The molecule has 0 amide bonds. The van der Waals surface area contributed by atoms with Gasteiger partial charge in [-0.2, -0.15) is 13.2 Å². The number of carbonyl (C=O) groups is 1. The van der Waals surface area contributed by atoms with Gasteiger partial charge in [-0.1, -0.05) is 67.8 Å². The first-order chi connectivity index (χ1) is 19.1. The van der Waals surface area contributed by atoms with Crippen LogP contribution in [0.15, 0.2) is 42.5 Å². The molecule has 0 spiro atoms. The normalized spacial score (nSPS) is 12.8. The Morgan fingerprint density at radius 2 is 1.65 bits per heavy atom. The topological polar surface area (TPSA) is 55.8 Å². The highest BCUT2D eigenvalue weighted by Crippen LogP contribution is 2.28. The summed E-state index contributed by atoms with van der Waals surface area (Å²) >= 11 is 6.46. The fraction of sp³-hybridized carbons (Fsp3) is 0.531. The van der Waals surface area contributed by atoms with Crippen molar-refractivity contribution in [2.45, 2.75) is 103 Å². The highest BCUT2D eigenvalue weighted by atomic mass is 35.5. The monoisotopic (exact) mass is 580 g/mol. The van der Waals surface area contributed by atoms with Crippen molar-refractivity contribution < 1.29 is 32.5 Å². The molecular formula is C32H40ClF3O4. The first-order valence-electron chi connectivity index (χ1n) is 14.0. The number of benzene rings is 2. The Kier molecular flexibility index (Phi) is 14.8. The van der Waals surface area contributed by atoms with Crippen molar-refractivity contribution in [1.82, 2.24) is 0 Å². The first kappa shape index (κ1) is 33.4. The summed E-state index contributed by atoms with van der Waals surface area (Å²) in [6.45, 7) is 4.10. The molecule has 2 rings (SSSR count). The molecule has 0 heterocycles. The zero-order valence-electron chi connectivity index (χ0n) is 23.4. The first-order valence-corrected chi connectivity index (χ1v) is 14.3. The van der Waals surface area contributed by atoms with Crippen molar-refractivity contribution in [1.29, 1.82) is 0 Å². The Morgan fingerprint density at radius 3 is 2.25 bits per heavy atom. The molecule has 2 aromatic carbocycles. The van der Waals surface area contributed by atoms with Gasteiger partial charge in [0.15, 0.2) is 0 Å². The molecule has 0 aliphatic carbocycles. The lowest BCUT2D eigenvalue weighted by Gasteiger charge is -2.17. The summed E-state index contributed by atoms with van der Waals surface area (Å²) in [6.07, 6.45) is 2.47. The smallest absolute Gasteiger partial charge is 0.389 e. The average molecular weight is 581 g/mol. The quantitative estimate of drug-likeness (QED) is 0.141. The zero-order valence-corrected chi connectivity index (χ0v) is 24.1. The van der Waals surface area contributed by atoms with Gasteiger partial charge in [0, 0.05) is 12.8 Å². The number of carboxylic acid groups (broad SMARTS) is 1. The van der Waals surface area contributed by atoms with Gasteiger partial charge in [0.2, 0.25) is 0 Å². The SMILES string of the molecule is CC#CC(CC(=O)O)c1ccc(OCC[C@H](C)Oc2ccc(CCCCCCCCCC(F)(F)F)cc2Cl)cc1. The van der Waals surface area contributed by atoms with Gasteiger partial charge in [-0.05, 0) is 68.5 Å². The molecule has 0 aliphatic rings. The Bertz CT molecular complexity index is 1090. The number of alkyl halides is 3. The van der Waals surface area contributed by atoms with Crippen LogP contribution in [0.5, 0.6) is 11.5 Å². The molecule has 2 atom stereocenters. The number of ether oxygens (including phenoxy) is 2. The average Bonchev–Trinajstić information content (AvgIpc) is 2.88. The van der Waals surface area contributed by atoms with E-state index in [1.54, 1.807) is 6.92 Å². The van der Waals surface area contributed by atoms with Crippen molar-refractivity contribution in [3.05, 3.63) is 58.6 Å². The highest BCUT2D eigenvalue weighted by Gasteiger charge is 2.25. The van der Waals surface area contributed by atoms with Gasteiger partial charge < -0.3 is 14.6 Å². The molecule has 1 N–H and O–H groups in total. The Hall–Kier alpha value is -2.85. The lowest BCUT2D eigenvalue weighted by Crippen LogP contribution is -2.16. The summed E-state index contributed by atoms with van der Waals surface area (Å²) in [5.74, 6) is 5.82. The largest absolute Gasteiger partial charge is 0.493 e. The van der Waals surface area contributed by atoms with Gasteiger partial charge in [-0.3, -0.25) is 4.79 Å². The minimum Gasteiger partial charge on any atom is -0.493 e. The van der Waals surface area contributed by atoms with Crippen molar-refractivity contribution in [2.75, 3.05) is 6.61 Å². The molecule has 40 heavy (non-hydrogen) atoms. The number of aryl methyl sites for hydroxylation is 1. The molecule has 0 saturated carbocycles. The molecular weight excluding hydrogens is 541 g/mol. The van der Waals surface area contributed by atoms with Crippen LogP contribution in [0.2, 0.25) is 5.02 Å². The van der Waals surface area contributed by atoms with E-state index >= 15 is 0 Å². The van der Waals surface area contributed by atoms with Gasteiger partial charge in [0.05, 0.1) is 30.1 Å². The van der Waals surface area contributed by atoms with Gasteiger partial charge in [-0.25, -0.2) is 0 Å². The number of halogens is 4. The number of hydrogen-bond acceptors (Lipinski definition) is 3. The molecule has 0 bridgehead atoms. The maximum Gasteiger partial charge on any atom is 0.389 e. The van der Waals surface area contributed by atoms with Gasteiger partial charge in [0.25, 0.3) is 0 Å². The summed E-state index contributed by atoms with van der Waals surface area (Å²) in [5.41, 5.74) is 1.98. The fourth-order valence-electron chi connectivity index (χ4n) is 4.35. The minimum absolute atomic E-state index is 0.0429. The number of carboxylic acids is 1. The van der Waals surface area contributed by atoms with Crippen molar-refractivity contribution in [3.8, 4) is 23.3 Å². The minimum atomic E-state index is -4.04. The van der Waals surface area contributed by atoms with Crippen LogP contribution in [0.3, 0.4) is 0 Å². The molecule has 0 saturated heterocycles. The highest BCUT2D eigenvalue weighted by molar-refractivity contribution is 6.32. The second kappa shape index (κ2) is 17.8. The standard InChI is InChI=1S/C32H40ClF3O4/c1-3-11-27(23-31(37)38)26-14-16-28(17-15-26)39-21-19-24(2)40-30-18-13-25(22-29(30)33)12-9-7-5-4-6-8-10-20-32(34,35)36/h13-18,22,24,27H,4-10,12,19-21,23H2,1-2H3,(H,37,38)/t24-,27?/m0/s1. The predicted octanol–water partition coefficient (Wildman–Crippen LogP) is 9.38. The van der Waals surface area contributed by atoms with Crippen molar-refractivity contribution >= 4 is 17.6 Å². The van der Waals surface area contributed by atoms with Crippen LogP contribution < -0.4 is 9.47 Å². The maximum absolute atomic E-state index is 12.2. The third-order valence-electron chi connectivity index (χ3n) is 6.52. The third-order valence-corrected chi connectivity index (χ3v) is 6.82. The van der Waals surface area contributed by atoms with Crippen LogP contribution in [0, 0.1) is 11.8 Å². The molecule has 0 fully saturated rings. The lowest BCUT2D eigenvalue weighted by molar-refractivity contribution is -0.137. The van der Waals surface area contributed by atoms with E-state index in [2.05, 4.69) is 11.8 Å². The van der Waals surface area contributed by atoms with Crippen LogP contribution in [-0.2, 0) is 11.2 Å². The summed E-state index contributed by atoms with van der Waals surface area (Å²) in [6, 6.07) is 13.2. The molecule has 0 radical (unpaired) electrons. The van der Waals surface area contributed by atoms with Crippen molar-refractivity contribution in [2.24, 2.45) is 0 Å². The molecule has 8 heteroatoms. The van der Waals surface area contributed by atoms with Crippen LogP contribution in [-0.4, -0.2) is 30.0 Å². The molecule has 0 aliphatic heterocycles. The van der Waals surface area contributed by atoms with E-state index in [9.17, 15) is 18.0 Å². The van der Waals surface area contributed by atoms with E-state index in [1.165, 1.54) is 0 Å². The number of hydrogen-bond donors (Lipinski definition) is 1. The second-order valence-corrected chi connectivity index (χ2v) is 10.4. The van der Waals surface area contributed by atoms with E-state index in [4.69, 9.17) is 26.2 Å². The van der Waals surface area contributed by atoms with Crippen molar-refractivity contribution in [3.63, 3.8) is 0 Å². The Labute approximate surface area is 241 Å². The van der Waals surface area contributed by atoms with Gasteiger partial charge in [-0.15, -0.1) is 5.92 Å².